The van der Waals surface area contributed by atoms with E-state index in [4.69, 9.17) is 9.47 Å². The van der Waals surface area contributed by atoms with Crippen LogP contribution in [-0.4, -0.2) is 42.3 Å². The lowest BCUT2D eigenvalue weighted by Gasteiger charge is -2.30. The van der Waals surface area contributed by atoms with Crippen LogP contribution in [0.3, 0.4) is 0 Å². The first-order valence-electron chi connectivity index (χ1n) is 9.90. The van der Waals surface area contributed by atoms with E-state index in [2.05, 4.69) is 12.1 Å². The van der Waals surface area contributed by atoms with E-state index in [0.717, 1.165) is 18.4 Å². The molecular formula is C23H25NO4. The zero-order valence-electron chi connectivity index (χ0n) is 15.8. The van der Waals surface area contributed by atoms with Crippen LogP contribution in [0.25, 0.3) is 0 Å². The van der Waals surface area contributed by atoms with Gasteiger partial charge in [0.2, 0.25) is 5.91 Å². The molecule has 0 N–H and O–H groups in total. The van der Waals surface area contributed by atoms with Gasteiger partial charge in [0.05, 0.1) is 18.6 Å². The molecule has 2 saturated heterocycles. The third-order valence-electron chi connectivity index (χ3n) is 5.58. The van der Waals surface area contributed by atoms with Gasteiger partial charge in [0.1, 0.15) is 6.61 Å². The van der Waals surface area contributed by atoms with Crippen molar-refractivity contribution < 1.29 is 19.1 Å². The van der Waals surface area contributed by atoms with E-state index in [1.807, 2.05) is 48.5 Å². The van der Waals surface area contributed by atoms with Gasteiger partial charge >= 0.3 is 6.09 Å². The Kier molecular flexibility index (Phi) is 5.72. The van der Waals surface area contributed by atoms with Crippen molar-refractivity contribution >= 4 is 12.0 Å². The van der Waals surface area contributed by atoms with Crippen LogP contribution in [0.1, 0.15) is 36.3 Å². The lowest BCUT2D eigenvalue weighted by Crippen LogP contribution is -2.42. The van der Waals surface area contributed by atoms with Crippen molar-refractivity contribution in [2.75, 3.05) is 13.2 Å². The van der Waals surface area contributed by atoms with Gasteiger partial charge in [-0.2, -0.15) is 0 Å². The van der Waals surface area contributed by atoms with Crippen LogP contribution in [0.15, 0.2) is 60.7 Å². The number of hydrogen-bond acceptors (Lipinski definition) is 4. The molecule has 2 aliphatic heterocycles. The number of carbonyl (C=O) groups excluding carboxylic acids is 2. The van der Waals surface area contributed by atoms with E-state index >= 15 is 0 Å². The third-order valence-corrected chi connectivity index (χ3v) is 5.58. The first-order valence-corrected chi connectivity index (χ1v) is 9.90. The average molecular weight is 379 g/mol. The number of benzene rings is 2. The summed E-state index contributed by atoms with van der Waals surface area (Å²) in [6.45, 7) is 0.882. The molecule has 4 rings (SSSR count). The Morgan fingerprint density at radius 2 is 1.75 bits per heavy atom. The van der Waals surface area contributed by atoms with Gasteiger partial charge in [-0.1, -0.05) is 60.7 Å². The van der Waals surface area contributed by atoms with Crippen molar-refractivity contribution in [3.05, 3.63) is 71.8 Å². The van der Waals surface area contributed by atoms with Crippen molar-refractivity contribution in [3.8, 4) is 0 Å². The van der Waals surface area contributed by atoms with Crippen LogP contribution in [0.5, 0.6) is 0 Å². The zero-order chi connectivity index (χ0) is 19.3. The van der Waals surface area contributed by atoms with Crippen LogP contribution in [0, 0.1) is 0 Å². The van der Waals surface area contributed by atoms with E-state index in [9.17, 15) is 9.59 Å². The molecule has 146 valence electrons. The van der Waals surface area contributed by atoms with E-state index in [0.29, 0.717) is 18.9 Å². The summed E-state index contributed by atoms with van der Waals surface area (Å²) in [5.74, 6) is 0.181. The van der Waals surface area contributed by atoms with Crippen molar-refractivity contribution in [2.45, 2.75) is 43.7 Å². The summed E-state index contributed by atoms with van der Waals surface area (Å²) >= 11 is 0. The maximum atomic E-state index is 12.9. The Labute approximate surface area is 165 Å². The normalized spacial score (nSPS) is 24.8. The minimum atomic E-state index is -0.540. The second kappa shape index (κ2) is 8.57. The van der Waals surface area contributed by atoms with E-state index in [1.54, 1.807) is 0 Å². The molecule has 2 aliphatic rings. The molecule has 2 fully saturated rings. The van der Waals surface area contributed by atoms with Crippen LogP contribution in [0.4, 0.5) is 4.79 Å². The highest BCUT2D eigenvalue weighted by atomic mass is 16.6. The van der Waals surface area contributed by atoms with E-state index < -0.39 is 6.09 Å². The summed E-state index contributed by atoms with van der Waals surface area (Å²) in [6.07, 6.45) is 1.86. The largest absolute Gasteiger partial charge is 0.447 e. The molecule has 0 aromatic heterocycles. The molecule has 2 aromatic carbocycles. The lowest BCUT2D eigenvalue weighted by atomic mass is 9.87. The van der Waals surface area contributed by atoms with Gasteiger partial charge in [0.15, 0.2) is 0 Å². The molecular weight excluding hydrogens is 354 g/mol. The Hall–Kier alpha value is -2.66. The van der Waals surface area contributed by atoms with Gasteiger partial charge < -0.3 is 9.47 Å². The van der Waals surface area contributed by atoms with Gasteiger partial charge in [-0.3, -0.25) is 4.79 Å². The average Bonchev–Trinajstić information content (AvgIpc) is 3.10. The Balaban J connectivity index is 1.39. The van der Waals surface area contributed by atoms with Gasteiger partial charge in [0, 0.05) is 6.61 Å². The minimum Gasteiger partial charge on any atom is -0.447 e. The summed E-state index contributed by atoms with van der Waals surface area (Å²) in [5.41, 5.74) is 2.37. The highest BCUT2D eigenvalue weighted by Crippen LogP contribution is 2.32. The van der Waals surface area contributed by atoms with Crippen molar-refractivity contribution in [3.63, 3.8) is 0 Å². The monoisotopic (exact) mass is 379 g/mol. The summed E-state index contributed by atoms with van der Waals surface area (Å²) < 4.78 is 11.0. The summed E-state index contributed by atoms with van der Waals surface area (Å²) in [6, 6.07) is 20.0. The third kappa shape index (κ3) is 4.25. The Bertz CT molecular complexity index is 808. The van der Waals surface area contributed by atoms with Crippen molar-refractivity contribution in [1.29, 1.82) is 0 Å². The second-order valence-corrected chi connectivity index (χ2v) is 7.51. The summed E-state index contributed by atoms with van der Waals surface area (Å²) in [5, 5.41) is 0. The highest BCUT2D eigenvalue weighted by molar-refractivity contribution is 5.93. The predicted molar refractivity (Wildman–Crippen MR) is 105 cm³/mol. The SMILES string of the molecule is O=C(C[C@@H]1C[C@@H](c2ccccc2)CCO1)N1C(=O)OC[C@H]1Cc1ccccc1. The van der Waals surface area contributed by atoms with E-state index in [-0.39, 0.29) is 31.1 Å². The molecule has 5 heteroatoms. The van der Waals surface area contributed by atoms with Gasteiger partial charge in [-0.15, -0.1) is 0 Å². The van der Waals surface area contributed by atoms with Crippen LogP contribution in [0.2, 0.25) is 0 Å². The molecule has 3 atom stereocenters. The molecule has 0 spiro atoms. The number of rotatable bonds is 5. The summed E-state index contributed by atoms with van der Waals surface area (Å²) in [7, 11) is 0. The molecule has 2 heterocycles. The van der Waals surface area contributed by atoms with Crippen molar-refractivity contribution in [2.24, 2.45) is 0 Å². The molecule has 0 saturated carbocycles. The Morgan fingerprint density at radius 1 is 1.04 bits per heavy atom. The number of cyclic esters (lactones) is 1. The fourth-order valence-corrected chi connectivity index (χ4v) is 4.15. The topological polar surface area (TPSA) is 55.8 Å². The minimum absolute atomic E-state index is 0.169. The predicted octanol–water partition coefficient (Wildman–Crippen LogP) is 3.93. The number of ether oxygens (including phenoxy) is 2. The van der Waals surface area contributed by atoms with Crippen LogP contribution >= 0.6 is 0 Å². The molecule has 0 bridgehead atoms. The van der Waals surface area contributed by atoms with Gasteiger partial charge in [0.25, 0.3) is 0 Å². The number of imide groups is 1. The maximum Gasteiger partial charge on any atom is 0.416 e. The highest BCUT2D eigenvalue weighted by Gasteiger charge is 2.39. The fourth-order valence-electron chi connectivity index (χ4n) is 4.15. The zero-order valence-corrected chi connectivity index (χ0v) is 15.8. The lowest BCUT2D eigenvalue weighted by molar-refractivity contribution is -0.133. The maximum absolute atomic E-state index is 12.9. The van der Waals surface area contributed by atoms with Crippen LogP contribution < -0.4 is 0 Å². The second-order valence-electron chi connectivity index (χ2n) is 7.51. The number of amides is 2. The first kappa shape index (κ1) is 18.7. The Morgan fingerprint density at radius 3 is 2.50 bits per heavy atom. The molecule has 2 amide bonds. The number of carbonyl (C=O) groups is 2. The van der Waals surface area contributed by atoms with E-state index in [1.165, 1.54) is 10.5 Å². The standard InChI is InChI=1S/C23H25NO4/c25-22(15-21-14-19(11-12-27-21)18-9-5-2-6-10-18)24-20(16-28-23(24)26)13-17-7-3-1-4-8-17/h1-10,19-21H,11-16H2/t19-,20+,21-/m0/s1. The number of nitrogens with zero attached hydrogens (tertiary/aromatic N) is 1. The molecule has 0 radical (unpaired) electrons. The molecule has 5 nitrogen and oxygen atoms in total. The number of hydrogen-bond donors (Lipinski definition) is 0. The van der Waals surface area contributed by atoms with Crippen molar-refractivity contribution in [1.82, 2.24) is 4.90 Å². The van der Waals surface area contributed by atoms with Gasteiger partial charge in [-0.25, -0.2) is 9.69 Å². The first-order chi connectivity index (χ1) is 13.7. The van der Waals surface area contributed by atoms with Gasteiger partial charge in [-0.05, 0) is 36.3 Å². The molecule has 0 unspecified atom stereocenters. The molecule has 0 aliphatic carbocycles. The quantitative estimate of drug-likeness (QED) is 0.790. The molecule has 2 aromatic rings. The smallest absolute Gasteiger partial charge is 0.416 e. The summed E-state index contributed by atoms with van der Waals surface area (Å²) in [4.78, 5) is 26.4. The van der Waals surface area contributed by atoms with Crippen LogP contribution in [-0.2, 0) is 20.7 Å². The molecule has 28 heavy (non-hydrogen) atoms. The fraction of sp³-hybridized carbons (Fsp3) is 0.391.